The monoisotopic (exact) mass is 424 g/mol. The third kappa shape index (κ3) is 3.47. The van der Waals surface area contributed by atoms with Crippen molar-refractivity contribution in [1.82, 2.24) is 0 Å². The minimum absolute atomic E-state index is 0.633. The van der Waals surface area contributed by atoms with Gasteiger partial charge < -0.3 is 4.74 Å². The van der Waals surface area contributed by atoms with Gasteiger partial charge in [0.15, 0.2) is 0 Å². The molecule has 5 aromatic carbocycles. The summed E-state index contributed by atoms with van der Waals surface area (Å²) >= 11 is 0. The fourth-order valence-corrected chi connectivity index (χ4v) is 5.06. The van der Waals surface area contributed by atoms with Gasteiger partial charge in [0.1, 0.15) is 0 Å². The van der Waals surface area contributed by atoms with Crippen molar-refractivity contribution in [2.24, 2.45) is 0 Å². The van der Waals surface area contributed by atoms with Gasteiger partial charge in [-0.3, -0.25) is 0 Å². The van der Waals surface area contributed by atoms with E-state index in [4.69, 9.17) is 4.74 Å². The normalized spacial score (nSPS) is 12.5. The molecule has 1 heteroatoms. The predicted molar refractivity (Wildman–Crippen MR) is 137 cm³/mol. The molecule has 0 atom stereocenters. The van der Waals surface area contributed by atoms with Crippen molar-refractivity contribution >= 4 is 0 Å². The lowest BCUT2D eigenvalue weighted by Crippen LogP contribution is -2.01. The highest BCUT2D eigenvalue weighted by Crippen LogP contribution is 2.51. The van der Waals surface area contributed by atoms with Crippen LogP contribution in [0.4, 0.5) is 0 Å². The van der Waals surface area contributed by atoms with E-state index in [2.05, 4.69) is 121 Å². The largest absolute Gasteiger partial charge is 0.372 e. The van der Waals surface area contributed by atoms with Crippen molar-refractivity contribution in [1.29, 1.82) is 0 Å². The first-order chi connectivity index (χ1) is 16.4. The van der Waals surface area contributed by atoms with Gasteiger partial charge in [0.05, 0.1) is 13.2 Å². The molecule has 158 valence electrons. The van der Waals surface area contributed by atoms with Gasteiger partial charge in [-0.2, -0.15) is 0 Å². The second-order valence-electron chi connectivity index (χ2n) is 8.41. The number of hydrogen-bond acceptors (Lipinski definition) is 1. The van der Waals surface area contributed by atoms with Crippen LogP contribution in [-0.4, -0.2) is 0 Å². The van der Waals surface area contributed by atoms with Gasteiger partial charge >= 0.3 is 0 Å². The molecule has 0 N–H and O–H groups in total. The fourth-order valence-electron chi connectivity index (χ4n) is 5.06. The summed E-state index contributed by atoms with van der Waals surface area (Å²) in [6.07, 6.45) is 0. The molecule has 0 radical (unpaired) electrons. The summed E-state index contributed by atoms with van der Waals surface area (Å²) in [6.45, 7) is 1.27. The highest BCUT2D eigenvalue weighted by Gasteiger charge is 2.29. The number of fused-ring (bicyclic) bond motifs is 1. The predicted octanol–water partition coefficient (Wildman–Crippen LogP) is 8.38. The van der Waals surface area contributed by atoms with E-state index >= 15 is 0 Å². The van der Waals surface area contributed by atoms with E-state index in [9.17, 15) is 0 Å². The zero-order chi connectivity index (χ0) is 22.0. The van der Waals surface area contributed by atoms with E-state index < -0.39 is 0 Å². The number of rotatable bonds is 4. The summed E-state index contributed by atoms with van der Waals surface area (Å²) in [5.41, 5.74) is 12.6. The molecular formula is C32H24O. The van der Waals surface area contributed by atoms with E-state index in [-0.39, 0.29) is 0 Å². The van der Waals surface area contributed by atoms with E-state index in [1.165, 1.54) is 55.6 Å². The van der Waals surface area contributed by atoms with Crippen molar-refractivity contribution < 1.29 is 4.74 Å². The molecule has 1 nitrogen and oxygen atoms in total. The van der Waals surface area contributed by atoms with E-state index in [0.717, 1.165) is 0 Å². The lowest BCUT2D eigenvalue weighted by molar-refractivity contribution is 0.135. The molecule has 0 aromatic heterocycles. The molecule has 5 aromatic rings. The molecule has 1 aliphatic rings. The summed E-state index contributed by atoms with van der Waals surface area (Å²) in [5, 5.41) is 0. The first-order valence-corrected chi connectivity index (χ1v) is 11.4. The second-order valence-corrected chi connectivity index (χ2v) is 8.41. The summed E-state index contributed by atoms with van der Waals surface area (Å²) in [7, 11) is 0. The molecule has 0 spiro atoms. The Morgan fingerprint density at radius 3 is 0.909 bits per heavy atom. The number of hydrogen-bond donors (Lipinski definition) is 0. The highest BCUT2D eigenvalue weighted by atomic mass is 16.5. The van der Waals surface area contributed by atoms with Crippen LogP contribution in [0.15, 0.2) is 121 Å². The Balaban J connectivity index is 1.83. The SMILES string of the molecule is c1ccc(-c2c3c(c(-c4ccccc4)c(-c4ccccc4)c2-c2ccccc2)COC3)cc1. The van der Waals surface area contributed by atoms with Gasteiger partial charge in [0.25, 0.3) is 0 Å². The average molecular weight is 425 g/mol. The Morgan fingerprint density at radius 1 is 0.333 bits per heavy atom. The number of ether oxygens (including phenoxy) is 1. The van der Waals surface area contributed by atoms with Crippen molar-refractivity contribution in [3.63, 3.8) is 0 Å². The van der Waals surface area contributed by atoms with Crippen LogP contribution in [0.1, 0.15) is 11.1 Å². The van der Waals surface area contributed by atoms with Crippen molar-refractivity contribution in [3.05, 3.63) is 132 Å². The fraction of sp³-hybridized carbons (Fsp3) is 0.0625. The number of benzene rings is 5. The Kier molecular flexibility index (Phi) is 5.10. The van der Waals surface area contributed by atoms with Gasteiger partial charge in [-0.25, -0.2) is 0 Å². The first-order valence-electron chi connectivity index (χ1n) is 11.4. The molecule has 0 aliphatic carbocycles. The highest BCUT2D eigenvalue weighted by molar-refractivity contribution is 6.04. The van der Waals surface area contributed by atoms with Crippen molar-refractivity contribution in [3.8, 4) is 44.5 Å². The molecule has 6 rings (SSSR count). The summed E-state index contributed by atoms with van der Waals surface area (Å²) in [5.74, 6) is 0. The van der Waals surface area contributed by atoms with Crippen LogP contribution in [0.3, 0.4) is 0 Å². The van der Waals surface area contributed by atoms with Gasteiger partial charge in [-0.05, 0) is 55.6 Å². The van der Waals surface area contributed by atoms with Gasteiger partial charge in [0.2, 0.25) is 0 Å². The lowest BCUT2D eigenvalue weighted by atomic mass is 9.78. The Labute approximate surface area is 194 Å². The maximum absolute atomic E-state index is 6.12. The molecular weight excluding hydrogens is 400 g/mol. The second kappa shape index (κ2) is 8.54. The zero-order valence-corrected chi connectivity index (χ0v) is 18.4. The topological polar surface area (TPSA) is 9.23 Å². The van der Waals surface area contributed by atoms with Gasteiger partial charge in [-0.15, -0.1) is 0 Å². The summed E-state index contributed by atoms with van der Waals surface area (Å²) in [4.78, 5) is 0. The van der Waals surface area contributed by atoms with Gasteiger partial charge in [0, 0.05) is 0 Å². The van der Waals surface area contributed by atoms with Crippen LogP contribution in [0.25, 0.3) is 44.5 Å². The third-order valence-corrected chi connectivity index (χ3v) is 6.46. The average Bonchev–Trinajstić information content (AvgIpc) is 3.39. The smallest absolute Gasteiger partial charge is 0.0731 e. The van der Waals surface area contributed by atoms with Crippen LogP contribution in [-0.2, 0) is 18.0 Å². The first kappa shape index (κ1) is 19.7. The van der Waals surface area contributed by atoms with E-state index in [0.29, 0.717) is 13.2 Å². The molecule has 0 bridgehead atoms. The molecule has 1 aliphatic heterocycles. The molecule has 0 unspecified atom stereocenters. The van der Waals surface area contributed by atoms with Crippen molar-refractivity contribution in [2.45, 2.75) is 13.2 Å². The third-order valence-electron chi connectivity index (χ3n) is 6.46. The van der Waals surface area contributed by atoms with E-state index in [1.807, 2.05) is 0 Å². The Bertz CT molecular complexity index is 1280. The summed E-state index contributed by atoms with van der Waals surface area (Å²) < 4.78 is 6.12. The maximum atomic E-state index is 6.12. The molecule has 1 heterocycles. The van der Waals surface area contributed by atoms with Crippen molar-refractivity contribution in [2.75, 3.05) is 0 Å². The minimum Gasteiger partial charge on any atom is -0.372 e. The maximum Gasteiger partial charge on any atom is 0.0731 e. The molecule has 0 saturated carbocycles. The minimum atomic E-state index is 0.633. The molecule has 0 amide bonds. The van der Waals surface area contributed by atoms with Crippen LogP contribution < -0.4 is 0 Å². The quantitative estimate of drug-likeness (QED) is 0.281. The van der Waals surface area contributed by atoms with Gasteiger partial charge in [-0.1, -0.05) is 121 Å². The van der Waals surface area contributed by atoms with Crippen LogP contribution in [0, 0.1) is 0 Å². The van der Waals surface area contributed by atoms with Crippen LogP contribution in [0.5, 0.6) is 0 Å². The lowest BCUT2D eigenvalue weighted by Gasteiger charge is -2.24. The van der Waals surface area contributed by atoms with E-state index in [1.54, 1.807) is 0 Å². The molecule has 33 heavy (non-hydrogen) atoms. The summed E-state index contributed by atoms with van der Waals surface area (Å²) in [6, 6.07) is 43.1. The Hall–Kier alpha value is -3.94. The zero-order valence-electron chi connectivity index (χ0n) is 18.4. The van der Waals surface area contributed by atoms with Crippen LogP contribution >= 0.6 is 0 Å². The standard InChI is InChI=1S/C32H24O/c1-5-13-23(14-6-1)29-27-21-33-22-28(27)30(24-15-7-2-8-16-24)32(26-19-11-4-12-20-26)31(29)25-17-9-3-10-18-25/h1-20H,21-22H2. The molecule has 0 fully saturated rings. The molecule has 0 saturated heterocycles. The Morgan fingerprint density at radius 2 is 0.606 bits per heavy atom. The van der Waals surface area contributed by atoms with Crippen LogP contribution in [0.2, 0.25) is 0 Å².